The van der Waals surface area contributed by atoms with Crippen molar-refractivity contribution in [3.8, 4) is 11.5 Å². The molecule has 0 aliphatic carbocycles. The number of benzene rings is 4. The summed E-state index contributed by atoms with van der Waals surface area (Å²) in [7, 11) is 0. The molecule has 0 aromatic heterocycles. The SMILES string of the molecule is CCOc1ccccc1NC(=O)C(=O)N/N=C/c1c(OCc2ccccc2)ccc2ccccc12. The van der Waals surface area contributed by atoms with Crippen molar-refractivity contribution in [2.24, 2.45) is 5.10 Å². The number of nitrogens with one attached hydrogen (secondary N) is 2. The fourth-order valence-electron chi connectivity index (χ4n) is 3.51. The highest BCUT2D eigenvalue weighted by atomic mass is 16.5. The number of hydrazone groups is 1. The second-order valence-corrected chi connectivity index (χ2v) is 7.56. The average Bonchev–Trinajstić information content (AvgIpc) is 2.89. The molecule has 4 aromatic carbocycles. The number of amides is 2. The van der Waals surface area contributed by atoms with Gasteiger partial charge in [-0.15, -0.1) is 0 Å². The third-order valence-corrected chi connectivity index (χ3v) is 5.17. The second-order valence-electron chi connectivity index (χ2n) is 7.56. The summed E-state index contributed by atoms with van der Waals surface area (Å²) in [5.74, 6) is -0.663. The first-order valence-electron chi connectivity index (χ1n) is 11.2. The Hall–Kier alpha value is -4.65. The highest BCUT2D eigenvalue weighted by Gasteiger charge is 2.15. The van der Waals surface area contributed by atoms with Gasteiger partial charge in [0.2, 0.25) is 0 Å². The van der Waals surface area contributed by atoms with Gasteiger partial charge in [-0.3, -0.25) is 9.59 Å². The number of fused-ring (bicyclic) bond motifs is 1. The first-order chi connectivity index (χ1) is 17.2. The summed E-state index contributed by atoms with van der Waals surface area (Å²) >= 11 is 0. The van der Waals surface area contributed by atoms with Crippen LogP contribution in [0.2, 0.25) is 0 Å². The molecular weight excluding hydrogens is 442 g/mol. The predicted octanol–water partition coefficient (Wildman–Crippen LogP) is 4.91. The normalized spacial score (nSPS) is 10.8. The number of hydrogen-bond acceptors (Lipinski definition) is 5. The lowest BCUT2D eigenvalue weighted by Gasteiger charge is -2.12. The van der Waals surface area contributed by atoms with Crippen molar-refractivity contribution in [2.45, 2.75) is 13.5 Å². The number of hydrogen-bond donors (Lipinski definition) is 2. The molecule has 0 atom stereocenters. The van der Waals surface area contributed by atoms with E-state index < -0.39 is 11.8 Å². The van der Waals surface area contributed by atoms with Gasteiger partial charge in [-0.2, -0.15) is 5.10 Å². The summed E-state index contributed by atoms with van der Waals surface area (Å²) in [5.41, 5.74) is 4.42. The van der Waals surface area contributed by atoms with E-state index in [4.69, 9.17) is 9.47 Å². The highest BCUT2D eigenvalue weighted by Crippen LogP contribution is 2.27. The quantitative estimate of drug-likeness (QED) is 0.219. The van der Waals surface area contributed by atoms with E-state index >= 15 is 0 Å². The van der Waals surface area contributed by atoms with Gasteiger partial charge < -0.3 is 14.8 Å². The van der Waals surface area contributed by atoms with Crippen LogP contribution in [0.25, 0.3) is 10.8 Å². The average molecular weight is 468 g/mol. The Bertz CT molecular complexity index is 1350. The van der Waals surface area contributed by atoms with Crippen LogP contribution in [0.15, 0.2) is 96.1 Å². The van der Waals surface area contributed by atoms with Crippen LogP contribution < -0.4 is 20.2 Å². The summed E-state index contributed by atoms with van der Waals surface area (Å²) in [5, 5.41) is 8.49. The van der Waals surface area contributed by atoms with Crippen molar-refractivity contribution in [1.82, 2.24) is 5.43 Å². The number of anilines is 1. The van der Waals surface area contributed by atoms with Crippen LogP contribution in [0.3, 0.4) is 0 Å². The first kappa shape index (κ1) is 23.5. The number of ether oxygens (including phenoxy) is 2. The monoisotopic (exact) mass is 467 g/mol. The molecule has 35 heavy (non-hydrogen) atoms. The van der Waals surface area contributed by atoms with Crippen molar-refractivity contribution in [3.63, 3.8) is 0 Å². The molecule has 4 aromatic rings. The molecule has 7 heteroatoms. The molecule has 0 radical (unpaired) electrons. The lowest BCUT2D eigenvalue weighted by molar-refractivity contribution is -0.136. The van der Waals surface area contributed by atoms with Crippen LogP contribution in [0.5, 0.6) is 11.5 Å². The van der Waals surface area contributed by atoms with Gasteiger partial charge in [0.1, 0.15) is 18.1 Å². The molecule has 0 fully saturated rings. The molecule has 0 unspecified atom stereocenters. The molecule has 0 heterocycles. The molecule has 0 saturated carbocycles. The van der Waals surface area contributed by atoms with Gasteiger partial charge in [0.05, 0.1) is 18.5 Å². The maximum atomic E-state index is 12.4. The molecule has 0 spiro atoms. The van der Waals surface area contributed by atoms with Crippen molar-refractivity contribution in [3.05, 3.63) is 102 Å². The van der Waals surface area contributed by atoms with Crippen LogP contribution in [-0.2, 0) is 16.2 Å². The van der Waals surface area contributed by atoms with Crippen LogP contribution in [-0.4, -0.2) is 24.6 Å². The van der Waals surface area contributed by atoms with E-state index in [9.17, 15) is 9.59 Å². The number of rotatable bonds is 8. The molecule has 0 saturated heterocycles. The molecule has 7 nitrogen and oxygen atoms in total. The summed E-state index contributed by atoms with van der Waals surface area (Å²) < 4.78 is 11.5. The van der Waals surface area contributed by atoms with Crippen LogP contribution in [0.4, 0.5) is 5.69 Å². The molecule has 4 rings (SSSR count). The van der Waals surface area contributed by atoms with Gasteiger partial charge in [0.15, 0.2) is 0 Å². The largest absolute Gasteiger partial charge is 0.492 e. The number of nitrogens with zero attached hydrogens (tertiary/aromatic N) is 1. The molecule has 0 aliphatic heterocycles. The zero-order chi connectivity index (χ0) is 24.5. The van der Waals surface area contributed by atoms with Crippen LogP contribution >= 0.6 is 0 Å². The Morgan fingerprint density at radius 2 is 1.54 bits per heavy atom. The minimum atomic E-state index is -0.903. The van der Waals surface area contributed by atoms with E-state index in [1.807, 2.05) is 73.7 Å². The third-order valence-electron chi connectivity index (χ3n) is 5.17. The summed E-state index contributed by atoms with van der Waals surface area (Å²) in [4.78, 5) is 24.7. The number of carbonyl (C=O) groups excluding carboxylic acids is 2. The fraction of sp³-hybridized carbons (Fsp3) is 0.107. The third kappa shape index (κ3) is 6.03. The minimum Gasteiger partial charge on any atom is -0.492 e. The molecule has 0 aliphatic rings. The van der Waals surface area contributed by atoms with Gasteiger partial charge in [-0.25, -0.2) is 5.43 Å². The lowest BCUT2D eigenvalue weighted by atomic mass is 10.0. The Morgan fingerprint density at radius 3 is 2.37 bits per heavy atom. The van der Waals surface area contributed by atoms with E-state index in [1.54, 1.807) is 24.3 Å². The van der Waals surface area contributed by atoms with Gasteiger partial charge in [0.25, 0.3) is 0 Å². The van der Waals surface area contributed by atoms with E-state index in [0.717, 1.165) is 16.3 Å². The molecular formula is C28H25N3O4. The standard InChI is InChI=1S/C28H25N3O4/c1-2-34-26-15-9-8-14-24(26)30-27(32)28(33)31-29-18-23-22-13-7-6-12-21(22)16-17-25(23)35-19-20-10-4-3-5-11-20/h3-18H,2,19H2,1H3,(H,30,32)(H,31,33)/b29-18+. The Morgan fingerprint density at radius 1 is 0.800 bits per heavy atom. The number of para-hydroxylation sites is 2. The Balaban J connectivity index is 1.49. The summed E-state index contributed by atoms with van der Waals surface area (Å²) in [6.07, 6.45) is 1.49. The molecule has 2 amide bonds. The minimum absolute atomic E-state index is 0.383. The summed E-state index contributed by atoms with van der Waals surface area (Å²) in [6, 6.07) is 28.4. The fourth-order valence-corrected chi connectivity index (χ4v) is 3.51. The Kier molecular flexibility index (Phi) is 7.70. The zero-order valence-corrected chi connectivity index (χ0v) is 19.2. The van der Waals surface area contributed by atoms with Crippen molar-refractivity contribution < 1.29 is 19.1 Å². The van der Waals surface area contributed by atoms with Crippen LogP contribution in [0, 0.1) is 0 Å². The van der Waals surface area contributed by atoms with E-state index in [1.165, 1.54) is 6.21 Å². The molecule has 2 N–H and O–H groups in total. The summed E-state index contributed by atoms with van der Waals surface area (Å²) in [6.45, 7) is 2.66. The highest BCUT2D eigenvalue weighted by molar-refractivity contribution is 6.39. The van der Waals surface area contributed by atoms with E-state index in [2.05, 4.69) is 15.8 Å². The van der Waals surface area contributed by atoms with Crippen LogP contribution in [0.1, 0.15) is 18.1 Å². The Labute approximate surface area is 203 Å². The van der Waals surface area contributed by atoms with E-state index in [-0.39, 0.29) is 0 Å². The van der Waals surface area contributed by atoms with Gasteiger partial charge in [-0.05, 0) is 41.5 Å². The van der Waals surface area contributed by atoms with Gasteiger partial charge >= 0.3 is 11.8 Å². The van der Waals surface area contributed by atoms with Crippen molar-refractivity contribution in [2.75, 3.05) is 11.9 Å². The second kappa shape index (κ2) is 11.5. The van der Waals surface area contributed by atoms with Gasteiger partial charge in [0, 0.05) is 5.56 Å². The van der Waals surface area contributed by atoms with Gasteiger partial charge in [-0.1, -0.05) is 72.8 Å². The molecule has 0 bridgehead atoms. The lowest BCUT2D eigenvalue weighted by Crippen LogP contribution is -2.32. The first-order valence-corrected chi connectivity index (χ1v) is 11.2. The maximum absolute atomic E-state index is 12.4. The van der Waals surface area contributed by atoms with Crippen molar-refractivity contribution >= 4 is 34.5 Å². The maximum Gasteiger partial charge on any atom is 0.329 e. The smallest absolute Gasteiger partial charge is 0.329 e. The number of carbonyl (C=O) groups is 2. The zero-order valence-electron chi connectivity index (χ0n) is 19.2. The predicted molar refractivity (Wildman–Crippen MR) is 137 cm³/mol. The molecule has 176 valence electrons. The van der Waals surface area contributed by atoms with Crippen molar-refractivity contribution in [1.29, 1.82) is 0 Å². The topological polar surface area (TPSA) is 89.0 Å². The van der Waals surface area contributed by atoms with E-state index in [0.29, 0.717) is 36.0 Å².